The lowest BCUT2D eigenvalue weighted by atomic mass is 10.1. The third-order valence-electron chi connectivity index (χ3n) is 4.54. The molecule has 1 aromatic rings. The molecule has 1 saturated heterocycles. The largest absolute Gasteiger partial charge is 0.389 e. The second-order valence-corrected chi connectivity index (χ2v) is 8.27. The van der Waals surface area contributed by atoms with Gasteiger partial charge in [-0.3, -0.25) is 0 Å². The van der Waals surface area contributed by atoms with Crippen LogP contribution >= 0.6 is 0 Å². The fourth-order valence-electron chi connectivity index (χ4n) is 2.86. The van der Waals surface area contributed by atoms with Gasteiger partial charge < -0.3 is 20.1 Å². The molecule has 1 aliphatic rings. The van der Waals surface area contributed by atoms with Gasteiger partial charge in [-0.1, -0.05) is 26.0 Å². The van der Waals surface area contributed by atoms with Gasteiger partial charge in [-0.2, -0.15) is 0 Å². The fourth-order valence-corrected chi connectivity index (χ4v) is 3.49. The lowest BCUT2D eigenvalue weighted by Crippen LogP contribution is -2.44. The Morgan fingerprint density at radius 3 is 2.42 bits per heavy atom. The van der Waals surface area contributed by atoms with Gasteiger partial charge in [0.15, 0.2) is 9.84 Å². The Bertz CT molecular complexity index is 614. The molecule has 3 atom stereocenters. The quantitative estimate of drug-likeness (QED) is 0.712. The Kier molecular flexibility index (Phi) is 6.77. The van der Waals surface area contributed by atoms with E-state index in [2.05, 4.69) is 24.1 Å². The van der Waals surface area contributed by atoms with Gasteiger partial charge in [-0.25, -0.2) is 8.42 Å². The first-order valence-electron chi connectivity index (χ1n) is 8.39. The molecule has 0 spiro atoms. The first-order chi connectivity index (χ1) is 11.3. The summed E-state index contributed by atoms with van der Waals surface area (Å²) in [4.78, 5) is 2.55. The van der Waals surface area contributed by atoms with E-state index in [0.717, 1.165) is 25.2 Å². The number of aliphatic hydroxyl groups excluding tert-OH is 1. The van der Waals surface area contributed by atoms with Crippen molar-refractivity contribution in [2.24, 2.45) is 0 Å². The van der Waals surface area contributed by atoms with Crippen LogP contribution in [-0.4, -0.2) is 69.2 Å². The molecular weight excluding hydrogens is 328 g/mol. The van der Waals surface area contributed by atoms with Gasteiger partial charge in [0.25, 0.3) is 0 Å². The van der Waals surface area contributed by atoms with Crippen LogP contribution in [0.25, 0.3) is 0 Å². The highest BCUT2D eigenvalue weighted by Gasteiger charge is 2.36. The summed E-state index contributed by atoms with van der Waals surface area (Å²) >= 11 is 0. The summed E-state index contributed by atoms with van der Waals surface area (Å²) in [6.07, 6.45) is 0.485. The van der Waals surface area contributed by atoms with E-state index in [1.54, 1.807) is 24.3 Å². The normalized spacial score (nSPS) is 24.6. The number of sulfone groups is 1. The van der Waals surface area contributed by atoms with Crippen molar-refractivity contribution in [3.63, 3.8) is 0 Å². The standard InChI is InChI=1S/C17H28N2O4S/c1-4-19(5-2)11-16-17(20)15(12-23-16)18-10-13-6-8-14(9-7-13)24(3,21)22/h6-9,15-18,20H,4-5,10-12H2,1-3H3. The first kappa shape index (κ1) is 19.3. The fraction of sp³-hybridized carbons (Fsp3) is 0.647. The van der Waals surface area contributed by atoms with Crippen molar-refractivity contribution in [1.82, 2.24) is 10.2 Å². The van der Waals surface area contributed by atoms with Crippen LogP contribution in [0.2, 0.25) is 0 Å². The number of hydrogen-bond donors (Lipinski definition) is 2. The summed E-state index contributed by atoms with van der Waals surface area (Å²) in [5.74, 6) is 0. The number of nitrogens with one attached hydrogen (secondary N) is 1. The van der Waals surface area contributed by atoms with E-state index < -0.39 is 15.9 Å². The van der Waals surface area contributed by atoms with E-state index in [4.69, 9.17) is 4.74 Å². The van der Waals surface area contributed by atoms with Gasteiger partial charge in [-0.15, -0.1) is 0 Å². The van der Waals surface area contributed by atoms with Crippen molar-refractivity contribution in [3.8, 4) is 0 Å². The molecule has 0 bridgehead atoms. The molecule has 0 aromatic heterocycles. The number of benzene rings is 1. The average Bonchev–Trinajstić information content (AvgIpc) is 2.90. The second kappa shape index (κ2) is 8.40. The van der Waals surface area contributed by atoms with Crippen molar-refractivity contribution in [3.05, 3.63) is 29.8 Å². The summed E-state index contributed by atoms with van der Waals surface area (Å²) in [6.45, 7) is 7.85. The highest BCUT2D eigenvalue weighted by molar-refractivity contribution is 7.90. The summed E-state index contributed by atoms with van der Waals surface area (Å²) in [6, 6.07) is 6.69. The number of hydrogen-bond acceptors (Lipinski definition) is 6. The van der Waals surface area contributed by atoms with Gasteiger partial charge in [0.2, 0.25) is 0 Å². The predicted molar refractivity (Wildman–Crippen MR) is 93.7 cm³/mol. The molecular formula is C17H28N2O4S. The SMILES string of the molecule is CCN(CC)CC1OCC(NCc2ccc(S(C)(=O)=O)cc2)C1O. The molecule has 0 aliphatic carbocycles. The molecule has 3 unspecified atom stereocenters. The zero-order valence-corrected chi connectivity index (χ0v) is 15.4. The lowest BCUT2D eigenvalue weighted by Gasteiger charge is -2.24. The van der Waals surface area contributed by atoms with Crippen molar-refractivity contribution < 1.29 is 18.3 Å². The second-order valence-electron chi connectivity index (χ2n) is 6.25. The van der Waals surface area contributed by atoms with Crippen LogP contribution < -0.4 is 5.32 Å². The van der Waals surface area contributed by atoms with Crippen LogP contribution in [0.15, 0.2) is 29.2 Å². The van der Waals surface area contributed by atoms with Crippen LogP contribution in [0.1, 0.15) is 19.4 Å². The molecule has 0 amide bonds. The summed E-state index contributed by atoms with van der Waals surface area (Å²) < 4.78 is 28.6. The van der Waals surface area contributed by atoms with Gasteiger partial charge in [-0.05, 0) is 30.8 Å². The molecule has 6 nitrogen and oxygen atoms in total. The minimum atomic E-state index is -3.17. The van der Waals surface area contributed by atoms with E-state index in [9.17, 15) is 13.5 Å². The zero-order valence-electron chi connectivity index (χ0n) is 14.6. The molecule has 1 aromatic carbocycles. The van der Waals surface area contributed by atoms with Crippen molar-refractivity contribution in [1.29, 1.82) is 0 Å². The highest BCUT2D eigenvalue weighted by atomic mass is 32.2. The van der Waals surface area contributed by atoms with E-state index in [1.165, 1.54) is 6.26 Å². The van der Waals surface area contributed by atoms with Crippen molar-refractivity contribution >= 4 is 9.84 Å². The topological polar surface area (TPSA) is 78.9 Å². The maximum absolute atomic E-state index is 11.5. The number of aliphatic hydroxyl groups is 1. The zero-order chi connectivity index (χ0) is 17.7. The van der Waals surface area contributed by atoms with Crippen molar-refractivity contribution in [2.75, 3.05) is 32.5 Å². The first-order valence-corrected chi connectivity index (χ1v) is 10.3. The third kappa shape index (κ3) is 5.00. The Labute approximate surface area is 144 Å². The van der Waals surface area contributed by atoms with Crippen LogP contribution in [-0.2, 0) is 21.1 Å². The maximum atomic E-state index is 11.5. The molecule has 2 rings (SSSR count). The average molecular weight is 356 g/mol. The Hall–Kier alpha value is -0.990. The molecule has 24 heavy (non-hydrogen) atoms. The van der Waals surface area contributed by atoms with Crippen LogP contribution in [0.4, 0.5) is 0 Å². The predicted octanol–water partition coefficient (Wildman–Crippen LogP) is 0.650. The van der Waals surface area contributed by atoms with Gasteiger partial charge in [0, 0.05) is 19.3 Å². The summed E-state index contributed by atoms with van der Waals surface area (Å²) in [7, 11) is -3.17. The van der Waals surface area contributed by atoms with E-state index in [1.807, 2.05) is 0 Å². The number of likely N-dealkylation sites (N-methyl/N-ethyl adjacent to an activating group) is 1. The third-order valence-corrected chi connectivity index (χ3v) is 5.66. The van der Waals surface area contributed by atoms with E-state index in [0.29, 0.717) is 18.0 Å². The van der Waals surface area contributed by atoms with E-state index in [-0.39, 0.29) is 12.1 Å². The minimum absolute atomic E-state index is 0.111. The Morgan fingerprint density at radius 1 is 1.25 bits per heavy atom. The number of ether oxygens (including phenoxy) is 1. The molecule has 0 saturated carbocycles. The molecule has 1 aliphatic heterocycles. The highest BCUT2D eigenvalue weighted by Crippen LogP contribution is 2.17. The monoisotopic (exact) mass is 356 g/mol. The molecule has 2 N–H and O–H groups in total. The minimum Gasteiger partial charge on any atom is -0.389 e. The Balaban J connectivity index is 1.86. The van der Waals surface area contributed by atoms with Crippen molar-refractivity contribution in [2.45, 2.75) is 43.5 Å². The summed E-state index contributed by atoms with van der Waals surface area (Å²) in [5.41, 5.74) is 0.974. The van der Waals surface area contributed by atoms with E-state index >= 15 is 0 Å². The number of nitrogens with zero attached hydrogens (tertiary/aromatic N) is 1. The lowest BCUT2D eigenvalue weighted by molar-refractivity contribution is 0.0170. The molecule has 1 heterocycles. The van der Waals surface area contributed by atoms with Crippen LogP contribution in [0.3, 0.4) is 0 Å². The van der Waals surface area contributed by atoms with Gasteiger partial charge >= 0.3 is 0 Å². The van der Waals surface area contributed by atoms with Gasteiger partial charge in [0.1, 0.15) is 0 Å². The summed E-state index contributed by atoms with van der Waals surface area (Å²) in [5, 5.41) is 13.7. The van der Waals surface area contributed by atoms with Crippen LogP contribution in [0, 0.1) is 0 Å². The smallest absolute Gasteiger partial charge is 0.175 e. The van der Waals surface area contributed by atoms with Gasteiger partial charge in [0.05, 0.1) is 29.8 Å². The molecule has 7 heteroatoms. The molecule has 0 radical (unpaired) electrons. The Morgan fingerprint density at radius 2 is 1.88 bits per heavy atom. The maximum Gasteiger partial charge on any atom is 0.175 e. The van der Waals surface area contributed by atoms with Crippen LogP contribution in [0.5, 0.6) is 0 Å². The number of rotatable bonds is 8. The molecule has 1 fully saturated rings. The molecule has 136 valence electrons.